The van der Waals surface area contributed by atoms with Gasteiger partial charge in [0.15, 0.2) is 0 Å². The van der Waals surface area contributed by atoms with Gasteiger partial charge < -0.3 is 14.8 Å². The molecule has 0 aliphatic carbocycles. The third-order valence-corrected chi connectivity index (χ3v) is 5.00. The fraction of sp³-hybridized carbons (Fsp3) is 0.280. The summed E-state index contributed by atoms with van der Waals surface area (Å²) in [5.74, 6) is 0.171. The molecule has 3 rings (SSSR count). The average Bonchev–Trinajstić information content (AvgIpc) is 2.81. The quantitative estimate of drug-likeness (QED) is 0.406. The largest absolute Gasteiger partial charge is 0.481 e. The average molecular weight is 458 g/mol. The molecule has 0 saturated heterocycles. The number of aromatic nitrogens is 1. The Bertz CT molecular complexity index is 1080. The molecule has 2 aromatic carbocycles. The number of halogens is 3. The molecule has 0 aliphatic rings. The SMILES string of the molecule is CCOC(=O)CCc1ccc(NCc2cc(-c3cccc(C(F)(F)F)c3)cnc2OC)cc1. The van der Waals surface area contributed by atoms with Gasteiger partial charge >= 0.3 is 12.1 Å². The van der Waals surface area contributed by atoms with Gasteiger partial charge in [-0.2, -0.15) is 13.2 Å². The Labute approximate surface area is 190 Å². The summed E-state index contributed by atoms with van der Waals surface area (Å²) in [5, 5.41) is 3.27. The van der Waals surface area contributed by atoms with Crippen LogP contribution in [0.15, 0.2) is 60.8 Å². The van der Waals surface area contributed by atoms with Crippen LogP contribution >= 0.6 is 0 Å². The molecule has 8 heteroatoms. The number of anilines is 1. The third-order valence-electron chi connectivity index (χ3n) is 5.00. The van der Waals surface area contributed by atoms with Crippen LogP contribution in [0.4, 0.5) is 18.9 Å². The predicted molar refractivity (Wildman–Crippen MR) is 120 cm³/mol. The zero-order chi connectivity index (χ0) is 23.8. The zero-order valence-corrected chi connectivity index (χ0v) is 18.4. The lowest BCUT2D eigenvalue weighted by Gasteiger charge is -2.13. The molecule has 0 fully saturated rings. The molecule has 0 amide bonds. The molecule has 0 saturated carbocycles. The van der Waals surface area contributed by atoms with E-state index in [4.69, 9.17) is 9.47 Å². The van der Waals surface area contributed by atoms with Crippen molar-refractivity contribution in [2.24, 2.45) is 0 Å². The first-order valence-electron chi connectivity index (χ1n) is 10.5. The van der Waals surface area contributed by atoms with Crippen LogP contribution in [0.25, 0.3) is 11.1 Å². The van der Waals surface area contributed by atoms with Gasteiger partial charge in [0.1, 0.15) is 0 Å². The highest BCUT2D eigenvalue weighted by atomic mass is 19.4. The number of methoxy groups -OCH3 is 1. The van der Waals surface area contributed by atoms with Crippen molar-refractivity contribution in [1.82, 2.24) is 4.98 Å². The van der Waals surface area contributed by atoms with E-state index in [2.05, 4.69) is 10.3 Å². The van der Waals surface area contributed by atoms with Gasteiger partial charge in [-0.15, -0.1) is 0 Å². The lowest BCUT2D eigenvalue weighted by molar-refractivity contribution is -0.143. The first kappa shape index (κ1) is 24.1. The zero-order valence-electron chi connectivity index (χ0n) is 18.4. The molecule has 0 unspecified atom stereocenters. The number of carbonyl (C=O) groups is 1. The molecule has 0 atom stereocenters. The Morgan fingerprint density at radius 1 is 1.06 bits per heavy atom. The monoisotopic (exact) mass is 458 g/mol. The van der Waals surface area contributed by atoms with Gasteiger partial charge in [-0.3, -0.25) is 4.79 Å². The number of esters is 1. The van der Waals surface area contributed by atoms with Crippen molar-refractivity contribution in [1.29, 1.82) is 0 Å². The van der Waals surface area contributed by atoms with E-state index in [1.54, 1.807) is 19.1 Å². The van der Waals surface area contributed by atoms with Gasteiger partial charge in [-0.25, -0.2) is 4.98 Å². The summed E-state index contributed by atoms with van der Waals surface area (Å²) in [6.45, 7) is 2.51. The Hall–Kier alpha value is -3.55. The topological polar surface area (TPSA) is 60.5 Å². The van der Waals surface area contributed by atoms with Crippen molar-refractivity contribution in [3.05, 3.63) is 77.5 Å². The normalized spacial score (nSPS) is 11.2. The third kappa shape index (κ3) is 6.71. The van der Waals surface area contributed by atoms with Crippen molar-refractivity contribution in [3.63, 3.8) is 0 Å². The molecular formula is C25H25F3N2O3. The molecule has 0 spiro atoms. The van der Waals surface area contributed by atoms with Gasteiger partial charge in [0, 0.05) is 36.0 Å². The van der Waals surface area contributed by atoms with Crippen LogP contribution < -0.4 is 10.1 Å². The van der Waals surface area contributed by atoms with Gasteiger partial charge in [0.25, 0.3) is 0 Å². The fourth-order valence-corrected chi connectivity index (χ4v) is 3.31. The van der Waals surface area contributed by atoms with E-state index in [1.165, 1.54) is 19.4 Å². The summed E-state index contributed by atoms with van der Waals surface area (Å²) in [6, 6.07) is 14.6. The lowest BCUT2D eigenvalue weighted by Crippen LogP contribution is -2.06. The molecule has 174 valence electrons. The van der Waals surface area contributed by atoms with Crippen LogP contribution in [0.2, 0.25) is 0 Å². The van der Waals surface area contributed by atoms with Crippen LogP contribution in [0.3, 0.4) is 0 Å². The van der Waals surface area contributed by atoms with E-state index >= 15 is 0 Å². The number of hydrogen-bond donors (Lipinski definition) is 1. The first-order chi connectivity index (χ1) is 15.8. The van der Waals surface area contributed by atoms with E-state index in [-0.39, 0.29) is 5.97 Å². The van der Waals surface area contributed by atoms with Gasteiger partial charge in [0.05, 0.1) is 19.3 Å². The molecule has 1 aromatic heterocycles. The van der Waals surface area contributed by atoms with E-state index in [9.17, 15) is 18.0 Å². The predicted octanol–water partition coefficient (Wildman–Crippen LogP) is 5.88. The number of alkyl halides is 3. The second-order valence-electron chi connectivity index (χ2n) is 7.33. The van der Waals surface area contributed by atoms with E-state index in [1.807, 2.05) is 24.3 Å². The highest BCUT2D eigenvalue weighted by Crippen LogP contribution is 2.33. The molecule has 3 aromatic rings. The second-order valence-corrected chi connectivity index (χ2v) is 7.33. The van der Waals surface area contributed by atoms with Crippen LogP contribution in [0.1, 0.15) is 30.0 Å². The van der Waals surface area contributed by atoms with Gasteiger partial charge in [-0.1, -0.05) is 24.3 Å². The van der Waals surface area contributed by atoms with Gasteiger partial charge in [0.2, 0.25) is 5.88 Å². The Morgan fingerprint density at radius 3 is 2.48 bits per heavy atom. The number of benzene rings is 2. The smallest absolute Gasteiger partial charge is 0.416 e. The van der Waals surface area contributed by atoms with E-state index < -0.39 is 11.7 Å². The van der Waals surface area contributed by atoms with Crippen LogP contribution in [0.5, 0.6) is 5.88 Å². The number of nitrogens with zero attached hydrogens (tertiary/aromatic N) is 1. The van der Waals surface area contributed by atoms with E-state index in [0.717, 1.165) is 23.4 Å². The van der Waals surface area contributed by atoms with Crippen LogP contribution in [0, 0.1) is 0 Å². The second kappa shape index (κ2) is 10.8. The highest BCUT2D eigenvalue weighted by molar-refractivity contribution is 5.69. The molecule has 0 bridgehead atoms. The van der Waals surface area contributed by atoms with Crippen molar-refractivity contribution in [2.75, 3.05) is 19.0 Å². The number of ether oxygens (including phenoxy) is 2. The number of rotatable bonds is 9. The summed E-state index contributed by atoms with van der Waals surface area (Å²) in [6.07, 6.45) is -2.00. The van der Waals surface area contributed by atoms with Crippen molar-refractivity contribution < 1.29 is 27.4 Å². The minimum absolute atomic E-state index is 0.222. The number of hydrogen-bond acceptors (Lipinski definition) is 5. The lowest BCUT2D eigenvalue weighted by atomic mass is 10.0. The van der Waals surface area contributed by atoms with Crippen molar-refractivity contribution in [3.8, 4) is 17.0 Å². The summed E-state index contributed by atoms with van der Waals surface area (Å²) >= 11 is 0. The van der Waals surface area contributed by atoms with Crippen molar-refractivity contribution in [2.45, 2.75) is 32.5 Å². The maximum Gasteiger partial charge on any atom is 0.416 e. The molecule has 1 N–H and O–H groups in total. The van der Waals surface area contributed by atoms with Gasteiger partial charge in [-0.05, 0) is 54.8 Å². The van der Waals surface area contributed by atoms with E-state index in [0.29, 0.717) is 48.6 Å². The molecule has 1 heterocycles. The fourth-order valence-electron chi connectivity index (χ4n) is 3.31. The number of carbonyl (C=O) groups excluding carboxylic acids is 1. The Balaban J connectivity index is 1.70. The van der Waals surface area contributed by atoms with Crippen molar-refractivity contribution >= 4 is 11.7 Å². The standard InChI is InChI=1S/C25H25F3N2O3/c1-3-33-23(31)12-9-17-7-10-22(11-8-17)29-16-20-13-19(15-30-24(20)32-2)18-5-4-6-21(14-18)25(26,27)28/h4-8,10-11,13-15,29H,3,9,12,16H2,1-2H3. The number of nitrogens with one attached hydrogen (secondary N) is 1. The summed E-state index contributed by atoms with van der Waals surface area (Å²) in [5.41, 5.74) is 2.85. The van der Waals surface area contributed by atoms with Crippen LogP contribution in [-0.2, 0) is 28.7 Å². The molecule has 0 radical (unpaired) electrons. The molecular weight excluding hydrogens is 433 g/mol. The summed E-state index contributed by atoms with van der Waals surface area (Å²) in [4.78, 5) is 15.8. The Morgan fingerprint density at radius 2 is 1.82 bits per heavy atom. The summed E-state index contributed by atoms with van der Waals surface area (Å²) < 4.78 is 49.5. The molecule has 33 heavy (non-hydrogen) atoms. The maximum atomic E-state index is 13.1. The highest BCUT2D eigenvalue weighted by Gasteiger charge is 2.30. The minimum Gasteiger partial charge on any atom is -0.481 e. The Kier molecular flexibility index (Phi) is 7.92. The maximum absolute atomic E-state index is 13.1. The van der Waals surface area contributed by atoms with Crippen LogP contribution in [-0.4, -0.2) is 24.7 Å². The number of pyridine rings is 1. The number of aryl methyl sites for hydroxylation is 1. The summed E-state index contributed by atoms with van der Waals surface area (Å²) in [7, 11) is 1.49. The first-order valence-corrected chi connectivity index (χ1v) is 10.5. The molecule has 0 aliphatic heterocycles. The molecule has 5 nitrogen and oxygen atoms in total. The minimum atomic E-state index is -4.41.